The lowest BCUT2D eigenvalue weighted by atomic mass is 10.2. The van der Waals surface area contributed by atoms with Crippen molar-refractivity contribution in [3.05, 3.63) is 77.0 Å². The predicted octanol–water partition coefficient (Wildman–Crippen LogP) is 3.91. The molecule has 0 unspecified atom stereocenters. The molecule has 0 radical (unpaired) electrons. The summed E-state index contributed by atoms with van der Waals surface area (Å²) in [7, 11) is 0. The van der Waals surface area contributed by atoms with Gasteiger partial charge in [-0.1, -0.05) is 42.1 Å². The highest BCUT2D eigenvalue weighted by molar-refractivity contribution is 7.98. The maximum Gasteiger partial charge on any atom is 0.287 e. The summed E-state index contributed by atoms with van der Waals surface area (Å²) in [5, 5.41) is 3.57. The average Bonchev–Trinajstić information content (AvgIpc) is 3.07. The van der Waals surface area contributed by atoms with Crippen molar-refractivity contribution in [1.82, 2.24) is 15.3 Å². The number of nitrogens with one attached hydrogen (secondary N) is 1. The maximum absolute atomic E-state index is 12.2. The number of thioether (sulfide) groups is 1. The monoisotopic (exact) mass is 353 g/mol. The molecule has 25 heavy (non-hydrogen) atoms. The normalized spacial score (nSPS) is 10.6. The molecule has 2 heterocycles. The second-order valence-corrected chi connectivity index (χ2v) is 6.60. The van der Waals surface area contributed by atoms with Gasteiger partial charge < -0.3 is 9.73 Å². The van der Waals surface area contributed by atoms with E-state index in [9.17, 15) is 4.79 Å². The Morgan fingerprint density at radius 1 is 1.08 bits per heavy atom. The number of hydrogen-bond acceptors (Lipinski definition) is 5. The van der Waals surface area contributed by atoms with Crippen molar-refractivity contribution in [2.24, 2.45) is 0 Å². The molecule has 0 aliphatic carbocycles. The molecule has 5 nitrogen and oxygen atoms in total. The van der Waals surface area contributed by atoms with Crippen LogP contribution in [0, 0.1) is 13.8 Å². The molecule has 1 N–H and O–H groups in total. The molecular weight excluding hydrogens is 334 g/mol. The van der Waals surface area contributed by atoms with Crippen LogP contribution in [0.2, 0.25) is 0 Å². The lowest BCUT2D eigenvalue weighted by Crippen LogP contribution is -2.22. The van der Waals surface area contributed by atoms with Crippen molar-refractivity contribution in [2.45, 2.75) is 31.3 Å². The number of aromatic nitrogens is 2. The smallest absolute Gasteiger partial charge is 0.287 e. The molecule has 128 valence electrons. The average molecular weight is 353 g/mol. The molecule has 1 aromatic carbocycles. The Hall–Kier alpha value is -2.60. The molecule has 0 aliphatic rings. The first-order valence-corrected chi connectivity index (χ1v) is 8.94. The van der Waals surface area contributed by atoms with Gasteiger partial charge in [-0.2, -0.15) is 0 Å². The van der Waals surface area contributed by atoms with E-state index in [0.717, 1.165) is 22.7 Å². The molecule has 2 aromatic heterocycles. The third-order valence-corrected chi connectivity index (χ3v) is 4.36. The molecule has 3 rings (SSSR count). The SMILES string of the molecule is Cc1cc(C)nc(SCc2ccc(C(=O)NCc3ccccc3)o2)n1. The third-order valence-electron chi connectivity index (χ3n) is 3.49. The van der Waals surface area contributed by atoms with Crippen molar-refractivity contribution < 1.29 is 9.21 Å². The van der Waals surface area contributed by atoms with Gasteiger partial charge in [-0.15, -0.1) is 0 Å². The van der Waals surface area contributed by atoms with E-state index in [0.29, 0.717) is 23.2 Å². The van der Waals surface area contributed by atoms with Crippen LogP contribution in [0.4, 0.5) is 0 Å². The number of aryl methyl sites for hydroxylation is 2. The number of hydrogen-bond donors (Lipinski definition) is 1. The van der Waals surface area contributed by atoms with Gasteiger partial charge in [-0.3, -0.25) is 4.79 Å². The number of benzene rings is 1. The van der Waals surface area contributed by atoms with Gasteiger partial charge in [0.05, 0.1) is 5.75 Å². The summed E-state index contributed by atoms with van der Waals surface area (Å²) >= 11 is 1.49. The summed E-state index contributed by atoms with van der Waals surface area (Å²) in [6.45, 7) is 4.36. The summed E-state index contributed by atoms with van der Waals surface area (Å²) in [6.07, 6.45) is 0. The van der Waals surface area contributed by atoms with Gasteiger partial charge in [-0.05, 0) is 37.6 Å². The highest BCUT2D eigenvalue weighted by Gasteiger charge is 2.11. The van der Waals surface area contributed by atoms with E-state index >= 15 is 0 Å². The van der Waals surface area contributed by atoms with E-state index in [4.69, 9.17) is 4.42 Å². The number of carbonyl (C=O) groups excluding carboxylic acids is 1. The van der Waals surface area contributed by atoms with Crippen LogP contribution >= 0.6 is 11.8 Å². The minimum absolute atomic E-state index is 0.220. The van der Waals surface area contributed by atoms with Gasteiger partial charge in [0, 0.05) is 17.9 Å². The van der Waals surface area contributed by atoms with Crippen molar-refractivity contribution in [2.75, 3.05) is 0 Å². The first-order valence-electron chi connectivity index (χ1n) is 7.96. The topological polar surface area (TPSA) is 68.0 Å². The van der Waals surface area contributed by atoms with Gasteiger partial charge in [0.1, 0.15) is 5.76 Å². The third kappa shape index (κ3) is 4.93. The number of amides is 1. The van der Waals surface area contributed by atoms with Crippen LogP contribution in [0.1, 0.15) is 33.3 Å². The van der Waals surface area contributed by atoms with Crippen molar-refractivity contribution in [3.8, 4) is 0 Å². The second kappa shape index (κ2) is 7.98. The maximum atomic E-state index is 12.2. The molecule has 6 heteroatoms. The van der Waals surface area contributed by atoms with Gasteiger partial charge in [0.15, 0.2) is 10.9 Å². The Kier molecular flexibility index (Phi) is 5.50. The van der Waals surface area contributed by atoms with Crippen LogP contribution in [-0.4, -0.2) is 15.9 Å². The van der Waals surface area contributed by atoms with Crippen LogP contribution in [0.5, 0.6) is 0 Å². The van der Waals surface area contributed by atoms with E-state index in [1.807, 2.05) is 56.3 Å². The Morgan fingerprint density at radius 3 is 2.52 bits per heavy atom. The molecular formula is C19H19N3O2S. The summed E-state index contributed by atoms with van der Waals surface area (Å²) in [5.74, 6) is 1.39. The van der Waals surface area contributed by atoms with E-state index in [-0.39, 0.29) is 5.91 Å². The fourth-order valence-corrected chi connectivity index (χ4v) is 3.18. The first kappa shape index (κ1) is 17.2. The summed E-state index contributed by atoms with van der Waals surface area (Å²) in [5.41, 5.74) is 2.93. The molecule has 0 bridgehead atoms. The zero-order chi connectivity index (χ0) is 17.6. The fraction of sp³-hybridized carbons (Fsp3) is 0.211. The van der Waals surface area contributed by atoms with Crippen LogP contribution in [-0.2, 0) is 12.3 Å². The quantitative estimate of drug-likeness (QED) is 0.537. The standard InChI is InChI=1S/C19H19N3O2S/c1-13-10-14(2)22-19(21-13)25-12-16-8-9-17(24-16)18(23)20-11-15-6-4-3-5-7-15/h3-10H,11-12H2,1-2H3,(H,20,23). The molecule has 0 spiro atoms. The predicted molar refractivity (Wildman–Crippen MR) is 97.4 cm³/mol. The summed E-state index contributed by atoms with van der Waals surface area (Å²) < 4.78 is 5.63. The summed E-state index contributed by atoms with van der Waals surface area (Å²) in [4.78, 5) is 20.9. The Morgan fingerprint density at radius 2 is 1.80 bits per heavy atom. The van der Waals surface area contributed by atoms with Crippen LogP contribution < -0.4 is 5.32 Å². The zero-order valence-electron chi connectivity index (χ0n) is 14.2. The highest BCUT2D eigenvalue weighted by Crippen LogP contribution is 2.21. The van der Waals surface area contributed by atoms with Crippen LogP contribution in [0.3, 0.4) is 0 Å². The van der Waals surface area contributed by atoms with E-state index in [1.54, 1.807) is 6.07 Å². The molecule has 0 atom stereocenters. The lowest BCUT2D eigenvalue weighted by molar-refractivity contribution is 0.0922. The number of furan rings is 1. The molecule has 3 aromatic rings. The van der Waals surface area contributed by atoms with Crippen LogP contribution in [0.15, 0.2) is 58.1 Å². The van der Waals surface area contributed by atoms with E-state index in [2.05, 4.69) is 15.3 Å². The molecule has 1 amide bonds. The Bertz CT molecular complexity index is 842. The fourth-order valence-electron chi connectivity index (χ4n) is 2.34. The molecule has 0 saturated carbocycles. The van der Waals surface area contributed by atoms with E-state index < -0.39 is 0 Å². The van der Waals surface area contributed by atoms with Crippen molar-refractivity contribution in [1.29, 1.82) is 0 Å². The molecule has 0 aliphatic heterocycles. The number of rotatable bonds is 6. The Labute approximate surface area is 150 Å². The minimum atomic E-state index is -0.220. The van der Waals surface area contributed by atoms with Crippen LogP contribution in [0.25, 0.3) is 0 Å². The lowest BCUT2D eigenvalue weighted by Gasteiger charge is -2.03. The second-order valence-electron chi connectivity index (χ2n) is 5.66. The Balaban J connectivity index is 1.55. The zero-order valence-corrected chi connectivity index (χ0v) is 15.0. The molecule has 0 saturated heterocycles. The summed E-state index contributed by atoms with van der Waals surface area (Å²) in [6, 6.07) is 15.2. The van der Waals surface area contributed by atoms with Gasteiger partial charge >= 0.3 is 0 Å². The van der Waals surface area contributed by atoms with E-state index in [1.165, 1.54) is 11.8 Å². The van der Waals surface area contributed by atoms with Gasteiger partial charge in [-0.25, -0.2) is 9.97 Å². The number of carbonyl (C=O) groups is 1. The van der Waals surface area contributed by atoms with Gasteiger partial charge in [0.25, 0.3) is 5.91 Å². The minimum Gasteiger partial charge on any atom is -0.455 e. The number of nitrogens with zero attached hydrogens (tertiary/aromatic N) is 2. The highest BCUT2D eigenvalue weighted by atomic mass is 32.2. The van der Waals surface area contributed by atoms with Crippen molar-refractivity contribution >= 4 is 17.7 Å². The first-order chi connectivity index (χ1) is 12.1. The molecule has 0 fully saturated rings. The van der Waals surface area contributed by atoms with Gasteiger partial charge in [0.2, 0.25) is 0 Å². The van der Waals surface area contributed by atoms with Crippen molar-refractivity contribution in [3.63, 3.8) is 0 Å². The largest absolute Gasteiger partial charge is 0.455 e.